The SMILES string of the molecule is Clc1cc(CSc2nnc(-c3ccncc3)n2-c2ccccc2)cc2c1OCCO2. The van der Waals surface area contributed by atoms with Crippen LogP contribution in [-0.2, 0) is 5.75 Å². The van der Waals surface area contributed by atoms with E-state index < -0.39 is 0 Å². The predicted octanol–water partition coefficient (Wildman–Crippen LogP) is 5.05. The zero-order chi connectivity index (χ0) is 20.3. The maximum atomic E-state index is 6.39. The Labute approximate surface area is 182 Å². The molecule has 2 aromatic heterocycles. The number of hydrogen-bond acceptors (Lipinski definition) is 6. The van der Waals surface area contributed by atoms with Gasteiger partial charge in [0.1, 0.15) is 13.2 Å². The monoisotopic (exact) mass is 436 g/mol. The summed E-state index contributed by atoms with van der Waals surface area (Å²) in [4.78, 5) is 4.10. The van der Waals surface area contributed by atoms with Crippen molar-refractivity contribution in [1.82, 2.24) is 19.7 Å². The van der Waals surface area contributed by atoms with E-state index in [1.165, 1.54) is 0 Å². The summed E-state index contributed by atoms with van der Waals surface area (Å²) in [6.45, 7) is 1.04. The van der Waals surface area contributed by atoms with Gasteiger partial charge in [-0.2, -0.15) is 0 Å². The molecule has 0 fully saturated rings. The molecular weight excluding hydrogens is 420 g/mol. The molecule has 3 heterocycles. The van der Waals surface area contributed by atoms with Crippen LogP contribution in [0.5, 0.6) is 11.5 Å². The van der Waals surface area contributed by atoms with Crippen molar-refractivity contribution in [3.63, 3.8) is 0 Å². The topological polar surface area (TPSA) is 62.1 Å². The van der Waals surface area contributed by atoms with Crippen molar-refractivity contribution in [2.75, 3.05) is 13.2 Å². The molecule has 5 rings (SSSR count). The normalized spacial score (nSPS) is 12.7. The van der Waals surface area contributed by atoms with Crippen molar-refractivity contribution >= 4 is 23.4 Å². The number of para-hydroxylation sites is 1. The third-order valence-electron chi connectivity index (χ3n) is 4.61. The molecule has 1 aliphatic rings. The standard InChI is InChI=1S/C22H17ClN4O2S/c23-18-12-15(13-19-20(18)29-11-10-28-19)14-30-22-26-25-21(16-6-8-24-9-7-16)27(22)17-4-2-1-3-5-17/h1-9,12-13H,10-11,14H2. The van der Waals surface area contributed by atoms with E-state index >= 15 is 0 Å². The molecule has 8 heteroatoms. The van der Waals surface area contributed by atoms with Crippen LogP contribution in [0.2, 0.25) is 5.02 Å². The first-order valence-electron chi connectivity index (χ1n) is 9.41. The van der Waals surface area contributed by atoms with Gasteiger partial charge in [-0.05, 0) is 42.0 Å². The molecule has 0 amide bonds. The van der Waals surface area contributed by atoms with Gasteiger partial charge in [-0.25, -0.2) is 0 Å². The average molecular weight is 437 g/mol. The van der Waals surface area contributed by atoms with Crippen molar-refractivity contribution in [2.45, 2.75) is 10.9 Å². The lowest BCUT2D eigenvalue weighted by Crippen LogP contribution is -2.15. The van der Waals surface area contributed by atoms with E-state index in [1.807, 2.05) is 54.6 Å². The molecule has 2 aromatic carbocycles. The Morgan fingerprint density at radius 1 is 0.967 bits per heavy atom. The summed E-state index contributed by atoms with van der Waals surface area (Å²) in [6.07, 6.45) is 3.51. The van der Waals surface area contributed by atoms with Crippen molar-refractivity contribution < 1.29 is 9.47 Å². The van der Waals surface area contributed by atoms with Gasteiger partial charge >= 0.3 is 0 Å². The Hall–Kier alpha value is -3.03. The van der Waals surface area contributed by atoms with Gasteiger partial charge < -0.3 is 9.47 Å². The number of halogens is 1. The van der Waals surface area contributed by atoms with Crippen molar-refractivity contribution in [3.8, 4) is 28.6 Å². The van der Waals surface area contributed by atoms with E-state index in [-0.39, 0.29) is 0 Å². The van der Waals surface area contributed by atoms with Gasteiger partial charge in [-0.3, -0.25) is 9.55 Å². The van der Waals surface area contributed by atoms with Crippen LogP contribution >= 0.6 is 23.4 Å². The molecule has 0 radical (unpaired) electrons. The van der Waals surface area contributed by atoms with E-state index in [9.17, 15) is 0 Å². The number of nitrogens with zero attached hydrogens (tertiary/aromatic N) is 4. The number of pyridine rings is 1. The van der Waals surface area contributed by atoms with E-state index in [4.69, 9.17) is 21.1 Å². The van der Waals surface area contributed by atoms with Gasteiger partial charge in [-0.1, -0.05) is 41.6 Å². The summed E-state index contributed by atoms with van der Waals surface area (Å²) in [7, 11) is 0. The van der Waals surface area contributed by atoms with E-state index in [0.717, 1.165) is 27.8 Å². The van der Waals surface area contributed by atoms with Crippen LogP contribution in [0.25, 0.3) is 17.1 Å². The molecule has 0 N–H and O–H groups in total. The number of rotatable bonds is 5. The molecule has 0 bridgehead atoms. The second-order valence-electron chi connectivity index (χ2n) is 6.60. The van der Waals surface area contributed by atoms with Crippen LogP contribution in [-0.4, -0.2) is 33.0 Å². The van der Waals surface area contributed by atoms with Gasteiger partial charge in [-0.15, -0.1) is 10.2 Å². The van der Waals surface area contributed by atoms with E-state index in [1.54, 1.807) is 24.2 Å². The zero-order valence-corrected chi connectivity index (χ0v) is 17.4. The summed E-state index contributed by atoms with van der Waals surface area (Å²) in [5.74, 6) is 2.74. The highest BCUT2D eigenvalue weighted by Crippen LogP contribution is 2.40. The van der Waals surface area contributed by atoms with Crippen LogP contribution in [0.4, 0.5) is 0 Å². The van der Waals surface area contributed by atoms with Crippen molar-refractivity contribution in [1.29, 1.82) is 0 Å². The highest BCUT2D eigenvalue weighted by Gasteiger charge is 2.19. The molecule has 0 spiro atoms. The van der Waals surface area contributed by atoms with Gasteiger partial charge in [0.2, 0.25) is 0 Å². The fraction of sp³-hybridized carbons (Fsp3) is 0.136. The summed E-state index contributed by atoms with van der Waals surface area (Å²) < 4.78 is 13.4. The van der Waals surface area contributed by atoms with Crippen LogP contribution in [0.1, 0.15) is 5.56 Å². The lowest BCUT2D eigenvalue weighted by atomic mass is 10.2. The molecule has 6 nitrogen and oxygen atoms in total. The average Bonchev–Trinajstić information content (AvgIpc) is 3.23. The molecular formula is C22H17ClN4O2S. The molecule has 4 aromatic rings. The Bertz CT molecular complexity index is 1170. The summed E-state index contributed by atoms with van der Waals surface area (Å²) in [6, 6.07) is 17.8. The van der Waals surface area contributed by atoms with Crippen molar-refractivity contribution in [3.05, 3.63) is 77.6 Å². The van der Waals surface area contributed by atoms with Gasteiger partial charge in [0.05, 0.1) is 5.02 Å². The molecule has 150 valence electrons. The molecule has 0 saturated carbocycles. The van der Waals surface area contributed by atoms with E-state index in [2.05, 4.69) is 19.7 Å². The number of thioether (sulfide) groups is 1. The second kappa shape index (κ2) is 8.38. The number of benzene rings is 2. The molecule has 30 heavy (non-hydrogen) atoms. The summed E-state index contributed by atoms with van der Waals surface area (Å²) in [5, 5.41) is 10.3. The highest BCUT2D eigenvalue weighted by atomic mass is 35.5. The third-order valence-corrected chi connectivity index (χ3v) is 5.89. The third kappa shape index (κ3) is 3.74. The fourth-order valence-electron chi connectivity index (χ4n) is 3.26. The van der Waals surface area contributed by atoms with Crippen LogP contribution in [0.3, 0.4) is 0 Å². The second-order valence-corrected chi connectivity index (χ2v) is 7.95. The maximum Gasteiger partial charge on any atom is 0.196 e. The van der Waals surface area contributed by atoms with Gasteiger partial charge in [0, 0.05) is 29.4 Å². The first kappa shape index (κ1) is 19.0. The number of fused-ring (bicyclic) bond motifs is 1. The smallest absolute Gasteiger partial charge is 0.196 e. The largest absolute Gasteiger partial charge is 0.486 e. The molecule has 0 saturated heterocycles. The number of hydrogen-bond donors (Lipinski definition) is 0. The number of aromatic nitrogens is 4. The van der Waals surface area contributed by atoms with Crippen LogP contribution in [0, 0.1) is 0 Å². The molecule has 0 aliphatic carbocycles. The van der Waals surface area contributed by atoms with E-state index in [0.29, 0.717) is 35.5 Å². The summed E-state index contributed by atoms with van der Waals surface area (Å²) in [5.41, 5.74) is 2.98. The molecule has 0 unspecified atom stereocenters. The predicted molar refractivity (Wildman–Crippen MR) is 117 cm³/mol. The quantitative estimate of drug-likeness (QED) is 0.408. The maximum absolute atomic E-state index is 6.39. The Balaban J connectivity index is 1.48. The van der Waals surface area contributed by atoms with Crippen molar-refractivity contribution in [2.24, 2.45) is 0 Å². The van der Waals surface area contributed by atoms with Crippen LogP contribution < -0.4 is 9.47 Å². The Kier molecular flexibility index (Phi) is 5.29. The zero-order valence-electron chi connectivity index (χ0n) is 15.9. The first-order chi connectivity index (χ1) is 14.8. The first-order valence-corrected chi connectivity index (χ1v) is 10.8. The summed E-state index contributed by atoms with van der Waals surface area (Å²) >= 11 is 7.98. The highest BCUT2D eigenvalue weighted by molar-refractivity contribution is 7.98. The lowest BCUT2D eigenvalue weighted by Gasteiger charge is -2.20. The molecule has 1 aliphatic heterocycles. The molecule has 0 atom stereocenters. The Morgan fingerprint density at radius 3 is 2.60 bits per heavy atom. The van der Waals surface area contributed by atoms with Gasteiger partial charge in [0.25, 0.3) is 0 Å². The fourth-order valence-corrected chi connectivity index (χ4v) is 4.43. The minimum atomic E-state index is 0.513. The van der Waals surface area contributed by atoms with Crippen LogP contribution in [0.15, 0.2) is 72.1 Å². The number of ether oxygens (including phenoxy) is 2. The Morgan fingerprint density at radius 2 is 1.77 bits per heavy atom. The van der Waals surface area contributed by atoms with Gasteiger partial charge in [0.15, 0.2) is 22.5 Å². The minimum absolute atomic E-state index is 0.513. The lowest BCUT2D eigenvalue weighted by molar-refractivity contribution is 0.171. The minimum Gasteiger partial charge on any atom is -0.486 e.